The number of hydrogen-bond acceptors (Lipinski definition) is 5. The fourth-order valence-corrected chi connectivity index (χ4v) is 3.62. The summed E-state index contributed by atoms with van der Waals surface area (Å²) in [6.07, 6.45) is -8.73. The Kier molecular flexibility index (Phi) is 7.78. The van der Waals surface area contributed by atoms with Crippen LogP contribution in [0.25, 0.3) is 0 Å². The van der Waals surface area contributed by atoms with E-state index in [1.54, 1.807) is 12.1 Å². The van der Waals surface area contributed by atoms with Gasteiger partial charge in [0.2, 0.25) is 0 Å². The summed E-state index contributed by atoms with van der Waals surface area (Å²) in [6, 6.07) is 14.8. The van der Waals surface area contributed by atoms with Crippen molar-refractivity contribution in [3.05, 3.63) is 59.7 Å². The van der Waals surface area contributed by atoms with E-state index in [1.807, 2.05) is 36.4 Å². The SMILES string of the molecule is CC(C)(c1ccc(OCC2CO2)cc1)c1ccc(OCC(CC(F)(F)C(F)(F)F)OCC2CO2)cc1. The van der Waals surface area contributed by atoms with Gasteiger partial charge >= 0.3 is 12.1 Å². The maximum Gasteiger partial charge on any atom is 0.453 e. The minimum Gasteiger partial charge on any atom is -0.491 e. The third-order valence-corrected chi connectivity index (χ3v) is 6.25. The van der Waals surface area contributed by atoms with E-state index in [4.69, 9.17) is 23.7 Å². The highest BCUT2D eigenvalue weighted by Crippen LogP contribution is 2.39. The molecule has 36 heavy (non-hydrogen) atoms. The molecule has 3 atom stereocenters. The summed E-state index contributed by atoms with van der Waals surface area (Å²) < 4.78 is 91.8. The van der Waals surface area contributed by atoms with E-state index in [-0.39, 0.29) is 24.2 Å². The second kappa shape index (κ2) is 10.5. The average Bonchev–Trinajstić information content (AvgIpc) is 3.74. The quantitative estimate of drug-likeness (QED) is 0.259. The maximum absolute atomic E-state index is 13.6. The van der Waals surface area contributed by atoms with Crippen LogP contribution >= 0.6 is 0 Å². The Balaban J connectivity index is 1.35. The molecule has 0 radical (unpaired) electrons. The van der Waals surface area contributed by atoms with Gasteiger partial charge in [0, 0.05) is 5.41 Å². The van der Waals surface area contributed by atoms with Gasteiger partial charge in [0.25, 0.3) is 0 Å². The summed E-state index contributed by atoms with van der Waals surface area (Å²) in [4.78, 5) is 0. The van der Waals surface area contributed by atoms with E-state index in [0.717, 1.165) is 23.5 Å². The van der Waals surface area contributed by atoms with E-state index in [9.17, 15) is 22.0 Å². The van der Waals surface area contributed by atoms with Crippen LogP contribution in [-0.4, -0.2) is 63.4 Å². The highest BCUT2D eigenvalue weighted by atomic mass is 19.4. The van der Waals surface area contributed by atoms with Crippen molar-refractivity contribution in [3.63, 3.8) is 0 Å². The van der Waals surface area contributed by atoms with Crippen LogP contribution in [0.2, 0.25) is 0 Å². The first kappa shape index (κ1) is 26.6. The molecule has 0 aromatic heterocycles. The minimum absolute atomic E-state index is 0.0622. The van der Waals surface area contributed by atoms with Crippen molar-refractivity contribution in [1.82, 2.24) is 0 Å². The van der Waals surface area contributed by atoms with E-state index in [1.165, 1.54) is 0 Å². The first-order valence-electron chi connectivity index (χ1n) is 11.7. The lowest BCUT2D eigenvalue weighted by molar-refractivity contribution is -0.292. The minimum atomic E-state index is -5.66. The van der Waals surface area contributed by atoms with Crippen LogP contribution in [0.3, 0.4) is 0 Å². The molecule has 0 N–H and O–H groups in total. The van der Waals surface area contributed by atoms with Gasteiger partial charge < -0.3 is 23.7 Å². The second-order valence-electron chi connectivity index (χ2n) is 9.57. The molecule has 2 aliphatic heterocycles. The average molecular weight is 517 g/mol. The third-order valence-electron chi connectivity index (χ3n) is 6.25. The van der Waals surface area contributed by atoms with Gasteiger partial charge in [-0.3, -0.25) is 0 Å². The number of halogens is 5. The summed E-state index contributed by atoms with van der Waals surface area (Å²) in [6.45, 7) is 5.25. The molecule has 2 aromatic rings. The summed E-state index contributed by atoms with van der Waals surface area (Å²) in [5.74, 6) is -3.78. The Hall–Kier alpha value is -2.43. The van der Waals surface area contributed by atoms with Crippen LogP contribution in [-0.2, 0) is 19.6 Å². The molecule has 0 bridgehead atoms. The smallest absolute Gasteiger partial charge is 0.453 e. The number of hydrogen-bond donors (Lipinski definition) is 0. The maximum atomic E-state index is 13.6. The molecule has 4 rings (SSSR count). The van der Waals surface area contributed by atoms with E-state index in [2.05, 4.69) is 13.8 Å². The van der Waals surface area contributed by atoms with Gasteiger partial charge in [0.1, 0.15) is 36.9 Å². The van der Waals surface area contributed by atoms with Crippen LogP contribution in [0.5, 0.6) is 11.5 Å². The number of epoxide rings is 2. The van der Waals surface area contributed by atoms with Gasteiger partial charge in [0.15, 0.2) is 0 Å². The highest BCUT2D eigenvalue weighted by molar-refractivity contribution is 5.41. The molecule has 0 saturated carbocycles. The molecule has 2 heterocycles. The largest absolute Gasteiger partial charge is 0.491 e. The molecule has 0 spiro atoms. The van der Waals surface area contributed by atoms with Crippen LogP contribution < -0.4 is 9.47 Å². The lowest BCUT2D eigenvalue weighted by Gasteiger charge is -2.27. The summed E-state index contributed by atoms with van der Waals surface area (Å²) in [7, 11) is 0. The van der Waals surface area contributed by atoms with Crippen molar-refractivity contribution in [1.29, 1.82) is 0 Å². The Bertz CT molecular complexity index is 983. The van der Waals surface area contributed by atoms with Gasteiger partial charge in [-0.05, 0) is 35.4 Å². The van der Waals surface area contributed by atoms with E-state index < -0.39 is 31.2 Å². The van der Waals surface area contributed by atoms with Crippen molar-refractivity contribution in [3.8, 4) is 11.5 Å². The number of alkyl halides is 5. The Morgan fingerprint density at radius 2 is 1.25 bits per heavy atom. The lowest BCUT2D eigenvalue weighted by Crippen LogP contribution is -2.42. The van der Waals surface area contributed by atoms with E-state index in [0.29, 0.717) is 19.0 Å². The first-order chi connectivity index (χ1) is 16.9. The Labute approximate surface area is 206 Å². The van der Waals surface area contributed by atoms with Crippen molar-refractivity contribution >= 4 is 0 Å². The fraction of sp³-hybridized carbons (Fsp3) is 0.538. The predicted molar refractivity (Wildman–Crippen MR) is 121 cm³/mol. The zero-order valence-corrected chi connectivity index (χ0v) is 20.0. The zero-order chi connectivity index (χ0) is 26.0. The van der Waals surface area contributed by atoms with Gasteiger partial charge in [-0.2, -0.15) is 22.0 Å². The molecular formula is C26H29F5O5. The molecule has 3 unspecified atom stereocenters. The van der Waals surface area contributed by atoms with Crippen LogP contribution in [0.1, 0.15) is 31.4 Å². The Morgan fingerprint density at radius 3 is 1.72 bits per heavy atom. The lowest BCUT2D eigenvalue weighted by atomic mass is 9.78. The summed E-state index contributed by atoms with van der Waals surface area (Å²) in [5, 5.41) is 0. The Morgan fingerprint density at radius 1 is 0.778 bits per heavy atom. The topological polar surface area (TPSA) is 52.8 Å². The van der Waals surface area contributed by atoms with Crippen molar-refractivity contribution in [2.75, 3.05) is 33.0 Å². The normalized spacial score (nSPS) is 20.6. The van der Waals surface area contributed by atoms with Gasteiger partial charge in [-0.25, -0.2) is 0 Å². The zero-order valence-electron chi connectivity index (χ0n) is 20.0. The van der Waals surface area contributed by atoms with Crippen LogP contribution in [0, 0.1) is 0 Å². The molecule has 2 fully saturated rings. The second-order valence-corrected chi connectivity index (χ2v) is 9.57. The van der Waals surface area contributed by atoms with Crippen molar-refractivity contribution in [2.45, 2.75) is 56.1 Å². The van der Waals surface area contributed by atoms with Gasteiger partial charge in [-0.1, -0.05) is 38.1 Å². The van der Waals surface area contributed by atoms with Gasteiger partial charge in [-0.15, -0.1) is 0 Å². The van der Waals surface area contributed by atoms with E-state index >= 15 is 0 Å². The number of ether oxygens (including phenoxy) is 5. The first-order valence-corrected chi connectivity index (χ1v) is 11.7. The standard InChI is InChI=1S/C26H29F5O5/c1-24(2,18-5-9-20(10-6-18)33-13-22-15-35-22)17-3-7-19(8-4-17)32-12-21(34-14-23-16-36-23)11-25(27,28)26(29,30)31/h3-10,21-23H,11-16H2,1-2H3. The fourth-order valence-electron chi connectivity index (χ4n) is 3.62. The summed E-state index contributed by atoms with van der Waals surface area (Å²) >= 11 is 0. The molecule has 198 valence electrons. The number of benzene rings is 2. The highest BCUT2D eigenvalue weighted by Gasteiger charge is 2.58. The van der Waals surface area contributed by atoms with Gasteiger partial charge in [0.05, 0.1) is 32.3 Å². The third kappa shape index (κ3) is 7.08. The van der Waals surface area contributed by atoms with Crippen molar-refractivity contribution in [2.24, 2.45) is 0 Å². The molecule has 2 saturated heterocycles. The van der Waals surface area contributed by atoms with Crippen LogP contribution in [0.15, 0.2) is 48.5 Å². The predicted octanol–water partition coefficient (Wildman–Crippen LogP) is 5.54. The number of rotatable bonds is 13. The molecule has 10 heteroatoms. The molecule has 2 aliphatic rings. The molecule has 0 aliphatic carbocycles. The van der Waals surface area contributed by atoms with Crippen LogP contribution in [0.4, 0.5) is 22.0 Å². The molecular weight excluding hydrogens is 487 g/mol. The molecule has 5 nitrogen and oxygen atoms in total. The monoisotopic (exact) mass is 516 g/mol. The van der Waals surface area contributed by atoms with Crippen molar-refractivity contribution < 1.29 is 45.6 Å². The molecule has 0 amide bonds. The molecule has 2 aromatic carbocycles. The summed E-state index contributed by atoms with van der Waals surface area (Å²) in [5.41, 5.74) is 1.66.